The summed E-state index contributed by atoms with van der Waals surface area (Å²) in [5.41, 5.74) is 4.55. The van der Waals surface area contributed by atoms with Crippen molar-refractivity contribution in [2.75, 3.05) is 13.2 Å². The first-order valence-corrected chi connectivity index (χ1v) is 10.5. The Labute approximate surface area is 177 Å². The highest BCUT2D eigenvalue weighted by molar-refractivity contribution is 5.81. The van der Waals surface area contributed by atoms with Crippen LogP contribution in [0.3, 0.4) is 0 Å². The van der Waals surface area contributed by atoms with Crippen LogP contribution in [0.5, 0.6) is 0 Å². The summed E-state index contributed by atoms with van der Waals surface area (Å²) in [6.07, 6.45) is 1.25. The summed E-state index contributed by atoms with van der Waals surface area (Å²) in [6, 6.07) is 15.7. The lowest BCUT2D eigenvalue weighted by Crippen LogP contribution is -2.41. The van der Waals surface area contributed by atoms with Crippen molar-refractivity contribution in [2.24, 2.45) is 0 Å². The number of carbonyl (C=O) groups is 2. The van der Waals surface area contributed by atoms with E-state index in [1.807, 2.05) is 36.4 Å². The molecule has 1 aliphatic carbocycles. The van der Waals surface area contributed by atoms with Gasteiger partial charge in [0.2, 0.25) is 0 Å². The number of benzene rings is 2. The average molecular weight is 411 g/mol. The number of fused-ring (bicyclic) bond motifs is 3. The van der Waals surface area contributed by atoms with Gasteiger partial charge in [0, 0.05) is 12.0 Å². The van der Waals surface area contributed by atoms with Gasteiger partial charge >= 0.3 is 12.1 Å². The number of hydrogen-bond acceptors (Lipinski definition) is 4. The minimum Gasteiger partial charge on any atom is -0.480 e. The monoisotopic (exact) mass is 410 g/mol. The van der Waals surface area contributed by atoms with Crippen LogP contribution in [-0.2, 0) is 9.53 Å². The van der Waals surface area contributed by atoms with Gasteiger partial charge in [0.15, 0.2) is 0 Å². The Balaban J connectivity index is 1.54. The number of carboxylic acid groups (broad SMARTS) is 1. The molecule has 6 heteroatoms. The highest BCUT2D eigenvalue weighted by atomic mass is 16.5. The van der Waals surface area contributed by atoms with Gasteiger partial charge in [-0.1, -0.05) is 62.4 Å². The summed E-state index contributed by atoms with van der Waals surface area (Å²) in [5, 5.41) is 15.2. The van der Waals surface area contributed by atoms with E-state index in [1.165, 1.54) is 0 Å². The van der Waals surface area contributed by atoms with Gasteiger partial charge < -0.3 is 20.5 Å². The molecule has 1 aliphatic rings. The fraction of sp³-hybridized carbons (Fsp3) is 0.417. The number of alkyl carbamates (subject to hydrolysis) is 1. The zero-order valence-electron chi connectivity index (χ0n) is 17.6. The normalized spacial score (nSPS) is 13.6. The summed E-state index contributed by atoms with van der Waals surface area (Å²) in [7, 11) is 0. The van der Waals surface area contributed by atoms with E-state index in [9.17, 15) is 14.7 Å². The van der Waals surface area contributed by atoms with E-state index in [0.29, 0.717) is 18.9 Å². The third-order valence-electron chi connectivity index (χ3n) is 5.41. The van der Waals surface area contributed by atoms with Crippen LogP contribution in [0.2, 0.25) is 0 Å². The lowest BCUT2D eigenvalue weighted by Gasteiger charge is -2.17. The lowest BCUT2D eigenvalue weighted by molar-refractivity contribution is -0.139. The molecule has 0 radical (unpaired) electrons. The number of rotatable bonds is 10. The van der Waals surface area contributed by atoms with Crippen molar-refractivity contribution in [3.8, 4) is 11.1 Å². The lowest BCUT2D eigenvalue weighted by atomic mass is 9.98. The van der Waals surface area contributed by atoms with Gasteiger partial charge in [0.1, 0.15) is 12.6 Å². The van der Waals surface area contributed by atoms with Gasteiger partial charge in [-0.05, 0) is 48.1 Å². The van der Waals surface area contributed by atoms with Crippen molar-refractivity contribution < 1.29 is 19.4 Å². The van der Waals surface area contributed by atoms with Crippen molar-refractivity contribution in [1.82, 2.24) is 10.6 Å². The van der Waals surface area contributed by atoms with Crippen molar-refractivity contribution in [3.05, 3.63) is 59.7 Å². The van der Waals surface area contributed by atoms with Gasteiger partial charge in [-0.3, -0.25) is 0 Å². The topological polar surface area (TPSA) is 87.7 Å². The third-order valence-corrected chi connectivity index (χ3v) is 5.41. The standard InChI is InChI=1S/C24H30N2O4/c1-16(2)25-14-8-7-13-22(23(27)28)26-24(29)30-15-21-19-11-5-3-9-17(19)18-10-4-6-12-20(18)21/h3-6,9-12,16,21-22,25H,7-8,13-15H2,1-2H3,(H,26,29)(H,27,28)/t22-/m1/s1. The molecule has 0 spiro atoms. The number of hydrogen-bond donors (Lipinski definition) is 3. The van der Waals surface area contributed by atoms with Gasteiger partial charge in [-0.25, -0.2) is 9.59 Å². The minimum atomic E-state index is -1.04. The number of carboxylic acids is 1. The number of ether oxygens (including phenoxy) is 1. The van der Waals surface area contributed by atoms with Crippen molar-refractivity contribution >= 4 is 12.1 Å². The number of amides is 1. The summed E-state index contributed by atoms with van der Waals surface area (Å²) in [4.78, 5) is 23.8. The molecule has 2 aromatic rings. The highest BCUT2D eigenvalue weighted by Gasteiger charge is 2.29. The zero-order valence-corrected chi connectivity index (χ0v) is 17.6. The summed E-state index contributed by atoms with van der Waals surface area (Å²) < 4.78 is 5.45. The molecule has 1 atom stereocenters. The number of unbranched alkanes of at least 4 members (excludes halogenated alkanes) is 1. The van der Waals surface area contributed by atoms with Crippen LogP contribution in [0.15, 0.2) is 48.5 Å². The fourth-order valence-electron chi connectivity index (χ4n) is 3.90. The van der Waals surface area contributed by atoms with Crippen LogP contribution >= 0.6 is 0 Å². The molecule has 6 nitrogen and oxygen atoms in total. The molecule has 0 saturated carbocycles. The Morgan fingerprint density at radius 1 is 1.00 bits per heavy atom. The van der Waals surface area contributed by atoms with Crippen LogP contribution in [0.1, 0.15) is 50.2 Å². The quantitative estimate of drug-likeness (QED) is 0.512. The van der Waals surface area contributed by atoms with Crippen LogP contribution in [-0.4, -0.2) is 42.4 Å². The van der Waals surface area contributed by atoms with Crippen LogP contribution in [0, 0.1) is 0 Å². The molecular weight excluding hydrogens is 380 g/mol. The van der Waals surface area contributed by atoms with E-state index < -0.39 is 18.1 Å². The molecule has 1 amide bonds. The molecule has 0 aromatic heterocycles. The van der Waals surface area contributed by atoms with E-state index in [0.717, 1.165) is 35.2 Å². The average Bonchev–Trinajstić information content (AvgIpc) is 3.04. The van der Waals surface area contributed by atoms with Gasteiger partial charge in [0.05, 0.1) is 0 Å². The summed E-state index contributed by atoms with van der Waals surface area (Å²) in [5.74, 6) is -1.09. The summed E-state index contributed by atoms with van der Waals surface area (Å²) >= 11 is 0. The molecule has 0 fully saturated rings. The van der Waals surface area contributed by atoms with E-state index in [2.05, 4.69) is 36.6 Å². The Morgan fingerprint density at radius 3 is 2.17 bits per heavy atom. The second kappa shape index (κ2) is 10.3. The smallest absolute Gasteiger partial charge is 0.407 e. The maximum absolute atomic E-state index is 12.3. The predicted molar refractivity (Wildman–Crippen MR) is 117 cm³/mol. The second-order valence-electron chi connectivity index (χ2n) is 7.97. The van der Waals surface area contributed by atoms with Crippen molar-refractivity contribution in [1.29, 1.82) is 0 Å². The Morgan fingerprint density at radius 2 is 1.60 bits per heavy atom. The molecule has 3 N–H and O–H groups in total. The Hall–Kier alpha value is -2.86. The van der Waals surface area contributed by atoms with E-state index >= 15 is 0 Å². The van der Waals surface area contributed by atoms with Gasteiger partial charge in [-0.15, -0.1) is 0 Å². The maximum Gasteiger partial charge on any atom is 0.407 e. The largest absolute Gasteiger partial charge is 0.480 e. The molecule has 0 bridgehead atoms. The highest BCUT2D eigenvalue weighted by Crippen LogP contribution is 2.44. The Bertz CT molecular complexity index is 836. The predicted octanol–water partition coefficient (Wildman–Crippen LogP) is 4.15. The van der Waals surface area contributed by atoms with E-state index in [-0.39, 0.29) is 12.5 Å². The second-order valence-corrected chi connectivity index (χ2v) is 7.97. The van der Waals surface area contributed by atoms with Crippen LogP contribution in [0.25, 0.3) is 11.1 Å². The number of carbonyl (C=O) groups excluding carboxylic acids is 1. The maximum atomic E-state index is 12.3. The molecular formula is C24H30N2O4. The first-order valence-electron chi connectivity index (χ1n) is 10.5. The molecule has 30 heavy (non-hydrogen) atoms. The molecule has 0 saturated heterocycles. The summed E-state index contributed by atoms with van der Waals surface area (Å²) in [6.45, 7) is 5.14. The van der Waals surface area contributed by atoms with E-state index in [4.69, 9.17) is 4.74 Å². The van der Waals surface area contributed by atoms with Crippen molar-refractivity contribution in [3.63, 3.8) is 0 Å². The number of aliphatic carboxylic acids is 1. The van der Waals surface area contributed by atoms with Gasteiger partial charge in [-0.2, -0.15) is 0 Å². The fourth-order valence-corrected chi connectivity index (χ4v) is 3.90. The Kier molecular flexibility index (Phi) is 7.46. The minimum absolute atomic E-state index is 0.0477. The molecule has 3 rings (SSSR count). The van der Waals surface area contributed by atoms with Crippen LogP contribution in [0.4, 0.5) is 4.79 Å². The molecule has 0 heterocycles. The molecule has 0 aliphatic heterocycles. The van der Waals surface area contributed by atoms with Crippen molar-refractivity contribution in [2.45, 2.75) is 51.1 Å². The first kappa shape index (κ1) is 21.8. The molecule has 0 unspecified atom stereocenters. The van der Waals surface area contributed by atoms with E-state index in [1.54, 1.807) is 0 Å². The first-order chi connectivity index (χ1) is 14.5. The SMILES string of the molecule is CC(C)NCCCC[C@@H](NC(=O)OCC1c2ccccc2-c2ccccc21)C(=O)O. The van der Waals surface area contributed by atoms with Gasteiger partial charge in [0.25, 0.3) is 0 Å². The third kappa shape index (κ3) is 5.39. The number of nitrogens with one attached hydrogen (secondary N) is 2. The van der Waals surface area contributed by atoms with Crippen LogP contribution < -0.4 is 10.6 Å². The zero-order chi connectivity index (χ0) is 21.5. The molecule has 160 valence electrons. The molecule has 2 aromatic carbocycles.